The number of hydrogen-bond acceptors (Lipinski definition) is 3. The Morgan fingerprint density at radius 3 is 2.39 bits per heavy atom. The van der Waals surface area contributed by atoms with Gasteiger partial charge in [-0.15, -0.1) is 5.10 Å². The lowest BCUT2D eigenvalue weighted by atomic mass is 9.86. The van der Waals surface area contributed by atoms with Crippen LogP contribution < -0.4 is 0 Å². The smallest absolute Gasteiger partial charge is 0.0886 e. The Morgan fingerprint density at radius 1 is 1.17 bits per heavy atom. The fourth-order valence-corrected chi connectivity index (χ4v) is 1.88. The van der Waals surface area contributed by atoms with Crippen LogP contribution in [0.5, 0.6) is 0 Å². The molecule has 1 aromatic carbocycles. The van der Waals surface area contributed by atoms with E-state index < -0.39 is 0 Å². The normalized spacial score (nSPS) is 11.8. The van der Waals surface area contributed by atoms with Crippen molar-refractivity contribution in [2.45, 2.75) is 32.7 Å². The summed E-state index contributed by atoms with van der Waals surface area (Å²) in [6.45, 7) is 7.12. The molecule has 18 heavy (non-hydrogen) atoms. The van der Waals surface area contributed by atoms with Crippen LogP contribution in [0.3, 0.4) is 0 Å². The molecule has 4 nitrogen and oxygen atoms in total. The van der Waals surface area contributed by atoms with Gasteiger partial charge in [-0.2, -0.15) is 0 Å². The molecule has 2 rings (SSSR count). The highest BCUT2D eigenvalue weighted by Crippen LogP contribution is 2.25. The van der Waals surface area contributed by atoms with Crippen LogP contribution in [0.25, 0.3) is 11.3 Å². The summed E-state index contributed by atoms with van der Waals surface area (Å²) >= 11 is 0. The third-order valence-electron chi connectivity index (χ3n) is 2.98. The first-order valence-corrected chi connectivity index (χ1v) is 6.12. The third-order valence-corrected chi connectivity index (χ3v) is 2.98. The van der Waals surface area contributed by atoms with Crippen LogP contribution in [-0.2, 0) is 12.0 Å². The predicted molar refractivity (Wildman–Crippen MR) is 71.2 cm³/mol. The van der Waals surface area contributed by atoms with Crippen LogP contribution in [0.15, 0.2) is 30.5 Å². The van der Waals surface area contributed by atoms with Crippen molar-refractivity contribution in [3.63, 3.8) is 0 Å². The molecule has 0 unspecified atom stereocenters. The van der Waals surface area contributed by atoms with Gasteiger partial charge in [-0.3, -0.25) is 0 Å². The molecule has 1 aromatic heterocycles. The Labute approximate surface area is 107 Å². The van der Waals surface area contributed by atoms with E-state index in [9.17, 15) is 0 Å². The van der Waals surface area contributed by atoms with Crippen molar-refractivity contribution in [3.05, 3.63) is 36.0 Å². The molecule has 0 saturated heterocycles. The van der Waals surface area contributed by atoms with Gasteiger partial charge in [0, 0.05) is 5.56 Å². The first-order valence-electron chi connectivity index (χ1n) is 6.12. The highest BCUT2D eigenvalue weighted by Gasteiger charge is 2.14. The predicted octanol–water partition coefficient (Wildman–Crippen LogP) is 2.23. The standard InChI is InChI=1S/C14H19N3O/c1-14(2,3)12-6-4-11(5-7-12)13-10-15-16-17(13)8-9-18/h4-7,10,18H,8-9H2,1-3H3. The van der Waals surface area contributed by atoms with Crippen molar-refractivity contribution in [2.75, 3.05) is 6.61 Å². The molecule has 0 amide bonds. The topological polar surface area (TPSA) is 50.9 Å². The zero-order valence-electron chi connectivity index (χ0n) is 11.1. The Morgan fingerprint density at radius 2 is 1.83 bits per heavy atom. The lowest BCUT2D eigenvalue weighted by molar-refractivity contribution is 0.269. The van der Waals surface area contributed by atoms with Gasteiger partial charge in [-0.05, 0) is 11.0 Å². The zero-order chi connectivity index (χ0) is 13.2. The molecule has 1 heterocycles. The van der Waals surface area contributed by atoms with Crippen molar-refractivity contribution in [2.24, 2.45) is 0 Å². The lowest BCUT2D eigenvalue weighted by Crippen LogP contribution is -2.10. The van der Waals surface area contributed by atoms with Crippen molar-refractivity contribution >= 4 is 0 Å². The van der Waals surface area contributed by atoms with E-state index in [4.69, 9.17) is 5.11 Å². The summed E-state index contributed by atoms with van der Waals surface area (Å²) in [5.74, 6) is 0. The van der Waals surface area contributed by atoms with Crippen molar-refractivity contribution in [1.29, 1.82) is 0 Å². The van der Waals surface area contributed by atoms with Crippen LogP contribution in [0.4, 0.5) is 0 Å². The molecule has 0 radical (unpaired) electrons. The molecule has 1 N–H and O–H groups in total. The number of hydrogen-bond donors (Lipinski definition) is 1. The number of nitrogens with zero attached hydrogens (tertiary/aromatic N) is 3. The van der Waals surface area contributed by atoms with Gasteiger partial charge in [0.1, 0.15) is 0 Å². The monoisotopic (exact) mass is 245 g/mol. The van der Waals surface area contributed by atoms with Gasteiger partial charge >= 0.3 is 0 Å². The number of benzene rings is 1. The second-order valence-corrected chi connectivity index (χ2v) is 5.39. The summed E-state index contributed by atoms with van der Waals surface area (Å²) in [5, 5.41) is 16.8. The minimum absolute atomic E-state index is 0.0659. The number of rotatable bonds is 3. The zero-order valence-corrected chi connectivity index (χ0v) is 11.1. The van der Waals surface area contributed by atoms with E-state index in [0.717, 1.165) is 11.3 Å². The van der Waals surface area contributed by atoms with Gasteiger partial charge in [0.15, 0.2) is 0 Å². The molecule has 0 aliphatic carbocycles. The quantitative estimate of drug-likeness (QED) is 0.902. The molecule has 0 fully saturated rings. The third kappa shape index (κ3) is 2.59. The molecule has 0 bridgehead atoms. The second kappa shape index (κ2) is 4.90. The Kier molecular flexibility index (Phi) is 3.48. The summed E-state index contributed by atoms with van der Waals surface area (Å²) in [7, 11) is 0. The van der Waals surface area contributed by atoms with E-state index in [1.165, 1.54) is 5.56 Å². The van der Waals surface area contributed by atoms with Crippen LogP contribution in [0.2, 0.25) is 0 Å². The fourth-order valence-electron chi connectivity index (χ4n) is 1.88. The van der Waals surface area contributed by atoms with Crippen LogP contribution in [0, 0.1) is 0 Å². The van der Waals surface area contributed by atoms with E-state index >= 15 is 0 Å². The van der Waals surface area contributed by atoms with Gasteiger partial charge in [-0.25, -0.2) is 4.68 Å². The summed E-state index contributed by atoms with van der Waals surface area (Å²) in [4.78, 5) is 0. The first kappa shape index (κ1) is 12.8. The molecule has 0 atom stereocenters. The largest absolute Gasteiger partial charge is 0.394 e. The molecule has 96 valence electrons. The Hall–Kier alpha value is -1.68. The fraction of sp³-hybridized carbons (Fsp3) is 0.429. The maximum Gasteiger partial charge on any atom is 0.0886 e. The molecular formula is C14H19N3O. The van der Waals surface area contributed by atoms with Gasteiger partial charge in [0.25, 0.3) is 0 Å². The Balaban J connectivity index is 2.32. The van der Waals surface area contributed by atoms with Crippen molar-refractivity contribution in [1.82, 2.24) is 15.0 Å². The minimum atomic E-state index is 0.0659. The van der Waals surface area contributed by atoms with Crippen molar-refractivity contribution < 1.29 is 5.11 Å². The molecule has 4 heteroatoms. The van der Waals surface area contributed by atoms with Gasteiger partial charge in [-0.1, -0.05) is 50.3 Å². The summed E-state index contributed by atoms with van der Waals surface area (Å²) < 4.78 is 1.71. The average Bonchev–Trinajstić information content (AvgIpc) is 2.77. The van der Waals surface area contributed by atoms with E-state index in [-0.39, 0.29) is 12.0 Å². The summed E-state index contributed by atoms with van der Waals surface area (Å²) in [6, 6.07) is 8.41. The number of aliphatic hydroxyl groups is 1. The average molecular weight is 245 g/mol. The lowest BCUT2D eigenvalue weighted by Gasteiger charge is -2.19. The van der Waals surface area contributed by atoms with Gasteiger partial charge < -0.3 is 5.11 Å². The summed E-state index contributed by atoms with van der Waals surface area (Å²) in [5.41, 5.74) is 3.46. The van der Waals surface area contributed by atoms with Gasteiger partial charge in [0.2, 0.25) is 0 Å². The number of aliphatic hydroxyl groups excluding tert-OH is 1. The first-order chi connectivity index (χ1) is 8.52. The van der Waals surface area contributed by atoms with Crippen LogP contribution in [-0.4, -0.2) is 26.7 Å². The van der Waals surface area contributed by atoms with Crippen molar-refractivity contribution in [3.8, 4) is 11.3 Å². The molecule has 0 aliphatic rings. The van der Waals surface area contributed by atoms with Crippen LogP contribution >= 0.6 is 0 Å². The molecule has 0 aliphatic heterocycles. The highest BCUT2D eigenvalue weighted by molar-refractivity contribution is 5.59. The van der Waals surface area contributed by atoms with E-state index in [0.29, 0.717) is 6.54 Å². The SMILES string of the molecule is CC(C)(C)c1ccc(-c2cnnn2CCO)cc1. The molecular weight excluding hydrogens is 226 g/mol. The molecule has 2 aromatic rings. The molecule has 0 spiro atoms. The van der Waals surface area contributed by atoms with Crippen LogP contribution in [0.1, 0.15) is 26.3 Å². The van der Waals surface area contributed by atoms with E-state index in [2.05, 4.69) is 55.3 Å². The Bertz CT molecular complexity index is 509. The molecule has 0 saturated carbocycles. The highest BCUT2D eigenvalue weighted by atomic mass is 16.3. The maximum absolute atomic E-state index is 8.97. The maximum atomic E-state index is 8.97. The van der Waals surface area contributed by atoms with E-state index in [1.54, 1.807) is 10.9 Å². The second-order valence-electron chi connectivity index (χ2n) is 5.39. The van der Waals surface area contributed by atoms with Gasteiger partial charge in [0.05, 0.1) is 25.0 Å². The summed E-state index contributed by atoms with van der Waals surface area (Å²) in [6.07, 6.45) is 1.72. The number of aromatic nitrogens is 3. The minimum Gasteiger partial charge on any atom is -0.394 e. The van der Waals surface area contributed by atoms with E-state index in [1.807, 2.05) is 0 Å².